The van der Waals surface area contributed by atoms with Crippen LogP contribution in [0.25, 0.3) is 17.2 Å². The molecule has 0 radical (unpaired) electrons. The smallest absolute Gasteiger partial charge is 0.268 e. The van der Waals surface area contributed by atoms with Crippen molar-refractivity contribution in [2.45, 2.75) is 46.7 Å². The number of aromatic nitrogens is 3. The molecule has 0 fully saturated rings. The minimum Gasteiger partial charge on any atom is -0.496 e. The first-order valence-electron chi connectivity index (χ1n) is 12.2. The van der Waals surface area contributed by atoms with E-state index in [1.54, 1.807) is 33.2 Å². The average Bonchev–Trinajstić information content (AvgIpc) is 3.39. The molecule has 0 aliphatic heterocycles. The van der Waals surface area contributed by atoms with Gasteiger partial charge in [-0.05, 0) is 50.7 Å². The molecular weight excluding hydrogens is 482 g/mol. The number of benzene rings is 1. The normalized spacial score (nSPS) is 12.5. The second kappa shape index (κ2) is 14.3. The molecule has 0 aliphatic rings. The number of nitrogens with one attached hydrogen (secondary N) is 1. The van der Waals surface area contributed by atoms with Crippen LogP contribution in [0.3, 0.4) is 0 Å². The van der Waals surface area contributed by atoms with Gasteiger partial charge in [-0.1, -0.05) is 32.9 Å². The van der Waals surface area contributed by atoms with Crippen LogP contribution in [0.15, 0.2) is 69.1 Å². The van der Waals surface area contributed by atoms with Crippen molar-refractivity contribution in [3.8, 4) is 23.3 Å². The molecule has 10 heteroatoms. The van der Waals surface area contributed by atoms with E-state index in [9.17, 15) is 10.1 Å². The Kier molecular flexibility index (Phi) is 11.2. The molecule has 3 aromatic rings. The number of nitrogens with zero attached hydrogens (tertiary/aromatic N) is 5. The average molecular weight is 518 g/mol. The predicted octanol–water partition coefficient (Wildman–Crippen LogP) is 4.45. The fraction of sp³-hybridized carbons (Fsp3) is 0.321. The molecule has 2 aromatic heterocycles. The number of nitrogens with two attached hydrogens (primary N) is 1. The maximum atomic E-state index is 12.2. The van der Waals surface area contributed by atoms with Crippen LogP contribution in [-0.2, 0) is 6.54 Å². The molecule has 200 valence electrons. The lowest BCUT2D eigenvalue weighted by molar-refractivity contribution is 0.413. The number of pyridine rings is 1. The van der Waals surface area contributed by atoms with Gasteiger partial charge in [-0.3, -0.25) is 9.36 Å². The lowest BCUT2D eigenvalue weighted by atomic mass is 10.1. The Labute approximate surface area is 223 Å². The van der Waals surface area contributed by atoms with E-state index in [1.165, 1.54) is 23.1 Å². The van der Waals surface area contributed by atoms with Crippen LogP contribution in [0.1, 0.15) is 57.2 Å². The number of aliphatic imine (C=N–C) groups is 1. The van der Waals surface area contributed by atoms with Gasteiger partial charge in [0.05, 0.1) is 24.5 Å². The number of allylic oxidation sites excluding steroid dienone is 2. The van der Waals surface area contributed by atoms with E-state index < -0.39 is 6.04 Å². The largest absolute Gasteiger partial charge is 0.496 e. The van der Waals surface area contributed by atoms with Gasteiger partial charge in [-0.25, -0.2) is 4.99 Å². The lowest BCUT2D eigenvalue weighted by Gasteiger charge is -2.10. The molecule has 3 N–H and O–H groups in total. The van der Waals surface area contributed by atoms with E-state index in [0.717, 1.165) is 5.56 Å². The molecule has 1 unspecified atom stereocenters. The summed E-state index contributed by atoms with van der Waals surface area (Å²) in [6, 6.07) is 10.1. The summed E-state index contributed by atoms with van der Waals surface area (Å²) in [7, 11) is 3.44. The standard InChI is InChI=1S/C25H27N7O3.C3H8/c1-6-20(18-8-10-22(33)32(14-18)15(2)12-26)29-23(16(3)27)25-31-30-24(35-25)19-9-7-17(13-28-4)11-21(19)34-5;1-3-2/h6-11,14-15,28H,1,13,27H2,2-5H3;3H2,1-2H3/b23-16+,29-20?;. The summed E-state index contributed by atoms with van der Waals surface area (Å²) in [4.78, 5) is 16.7. The van der Waals surface area contributed by atoms with E-state index in [2.05, 4.69) is 47.0 Å². The van der Waals surface area contributed by atoms with Gasteiger partial charge in [0.25, 0.3) is 17.3 Å². The second-order valence-electron chi connectivity index (χ2n) is 8.39. The fourth-order valence-corrected chi connectivity index (χ4v) is 3.33. The van der Waals surface area contributed by atoms with Crippen LogP contribution in [0.2, 0.25) is 0 Å². The first-order chi connectivity index (χ1) is 18.2. The zero-order valence-corrected chi connectivity index (χ0v) is 22.8. The Morgan fingerprint density at radius 1 is 1.34 bits per heavy atom. The quantitative estimate of drug-likeness (QED) is 0.396. The van der Waals surface area contributed by atoms with Crippen LogP contribution in [0.4, 0.5) is 0 Å². The van der Waals surface area contributed by atoms with Crippen molar-refractivity contribution in [3.63, 3.8) is 0 Å². The predicted molar refractivity (Wildman–Crippen MR) is 150 cm³/mol. The van der Waals surface area contributed by atoms with E-state index in [4.69, 9.17) is 14.9 Å². The molecule has 0 aliphatic carbocycles. The van der Waals surface area contributed by atoms with Crippen LogP contribution < -0.4 is 21.3 Å². The van der Waals surface area contributed by atoms with Crippen molar-refractivity contribution < 1.29 is 9.15 Å². The molecule has 0 bridgehead atoms. The monoisotopic (exact) mass is 517 g/mol. The summed E-state index contributed by atoms with van der Waals surface area (Å²) < 4.78 is 12.8. The van der Waals surface area contributed by atoms with E-state index in [1.807, 2.05) is 25.2 Å². The molecule has 1 aromatic carbocycles. The molecule has 0 saturated heterocycles. The van der Waals surface area contributed by atoms with Gasteiger partial charge in [-0.2, -0.15) is 5.26 Å². The zero-order chi connectivity index (χ0) is 28.2. The topological polar surface area (TPSA) is 144 Å². The summed E-state index contributed by atoms with van der Waals surface area (Å²) in [6.45, 7) is 12.1. The molecule has 10 nitrogen and oxygen atoms in total. The third kappa shape index (κ3) is 7.27. The van der Waals surface area contributed by atoms with Gasteiger partial charge in [0, 0.05) is 30.1 Å². The van der Waals surface area contributed by atoms with Crippen LogP contribution in [0.5, 0.6) is 5.75 Å². The maximum absolute atomic E-state index is 12.2. The van der Waals surface area contributed by atoms with Crippen molar-refractivity contribution in [3.05, 3.63) is 82.3 Å². The molecular formula is C28H35N7O3. The van der Waals surface area contributed by atoms with E-state index in [-0.39, 0.29) is 23.0 Å². The number of methoxy groups -OCH3 is 1. The van der Waals surface area contributed by atoms with Gasteiger partial charge in [0.2, 0.25) is 0 Å². The minimum absolute atomic E-state index is 0.111. The van der Waals surface area contributed by atoms with Gasteiger partial charge >= 0.3 is 0 Å². The van der Waals surface area contributed by atoms with Crippen molar-refractivity contribution >= 4 is 11.4 Å². The molecule has 0 amide bonds. The fourth-order valence-electron chi connectivity index (χ4n) is 3.33. The Bertz CT molecular complexity index is 1410. The Balaban J connectivity index is 0.00000161. The maximum Gasteiger partial charge on any atom is 0.268 e. The SMILES string of the molecule is C=CC(=N/C(=C(\C)N)c1nnc(-c2ccc(CNC)cc2OC)o1)c1ccc(=O)n(C(C)C#N)c1.CCC. The first-order valence-corrected chi connectivity index (χ1v) is 12.2. The molecule has 38 heavy (non-hydrogen) atoms. The summed E-state index contributed by atoms with van der Waals surface area (Å²) in [5.41, 5.74) is 9.07. The Hall–Kier alpha value is -4.49. The third-order valence-electron chi connectivity index (χ3n) is 5.14. The minimum atomic E-state index is -0.646. The van der Waals surface area contributed by atoms with Crippen molar-refractivity contribution in [2.24, 2.45) is 10.7 Å². The van der Waals surface area contributed by atoms with Gasteiger partial charge in [-0.15, -0.1) is 10.2 Å². The zero-order valence-electron chi connectivity index (χ0n) is 22.8. The first kappa shape index (κ1) is 29.7. The van der Waals surface area contributed by atoms with Gasteiger partial charge in [0.1, 0.15) is 17.5 Å². The summed E-state index contributed by atoms with van der Waals surface area (Å²) in [5.74, 6) is 0.949. The Morgan fingerprint density at radius 3 is 2.63 bits per heavy atom. The van der Waals surface area contributed by atoms with Crippen molar-refractivity contribution in [2.75, 3.05) is 14.2 Å². The number of rotatable bonds is 9. The van der Waals surface area contributed by atoms with Crippen LogP contribution in [-0.4, -0.2) is 34.6 Å². The lowest BCUT2D eigenvalue weighted by Crippen LogP contribution is -2.22. The van der Waals surface area contributed by atoms with Gasteiger partial charge < -0.3 is 20.2 Å². The number of ether oxygens (including phenoxy) is 1. The molecule has 0 saturated carbocycles. The summed E-state index contributed by atoms with van der Waals surface area (Å²) in [6.07, 6.45) is 4.32. The number of nitriles is 1. The van der Waals surface area contributed by atoms with Crippen LogP contribution in [0, 0.1) is 11.3 Å². The van der Waals surface area contributed by atoms with Crippen molar-refractivity contribution in [1.29, 1.82) is 5.26 Å². The molecule has 1 atom stereocenters. The summed E-state index contributed by atoms with van der Waals surface area (Å²) >= 11 is 0. The molecule has 0 spiro atoms. The number of hydrogen-bond donors (Lipinski definition) is 2. The highest BCUT2D eigenvalue weighted by molar-refractivity contribution is 6.10. The summed E-state index contributed by atoms with van der Waals surface area (Å²) in [5, 5.41) is 20.6. The highest BCUT2D eigenvalue weighted by atomic mass is 16.5. The second-order valence-corrected chi connectivity index (χ2v) is 8.39. The van der Waals surface area contributed by atoms with E-state index >= 15 is 0 Å². The molecule has 3 rings (SSSR count). The van der Waals surface area contributed by atoms with E-state index in [0.29, 0.717) is 34.8 Å². The van der Waals surface area contributed by atoms with Crippen molar-refractivity contribution in [1.82, 2.24) is 20.1 Å². The highest BCUT2D eigenvalue weighted by Gasteiger charge is 2.18. The molecule has 2 heterocycles. The van der Waals surface area contributed by atoms with Gasteiger partial charge in [0.15, 0.2) is 0 Å². The third-order valence-corrected chi connectivity index (χ3v) is 5.14. The Morgan fingerprint density at radius 2 is 2.05 bits per heavy atom. The number of hydrogen-bond acceptors (Lipinski definition) is 9. The van der Waals surface area contributed by atoms with Crippen LogP contribution >= 0.6 is 0 Å². The highest BCUT2D eigenvalue weighted by Crippen LogP contribution is 2.31.